The zero-order valence-electron chi connectivity index (χ0n) is 22.0. The first-order valence-corrected chi connectivity index (χ1v) is 13.9. The zero-order valence-corrected chi connectivity index (χ0v) is 22.8. The van der Waals surface area contributed by atoms with Gasteiger partial charge in [-0.25, -0.2) is 4.68 Å². The fraction of sp³-hybridized carbons (Fsp3) is 0.258. The van der Waals surface area contributed by atoms with Crippen LogP contribution in [0.25, 0.3) is 5.69 Å². The summed E-state index contributed by atoms with van der Waals surface area (Å²) in [6.45, 7) is 6.86. The number of amides is 2. The standard InChI is InChI=1S/C31H32N4O2S/c1-21-9-13-24(14-10-21)17-18-34-27(36)20-38-31-28(23(3)33-35(31)26-7-5-4-6-8-26)29(34)30(37)32-19-25-15-11-22(2)12-16-25/h4-16,29H,17-20H2,1-3H3,(H,32,37)/t29-/m0/s1. The van der Waals surface area contributed by atoms with E-state index in [0.717, 1.165) is 33.1 Å². The van der Waals surface area contributed by atoms with Crippen LogP contribution in [0.4, 0.5) is 0 Å². The molecule has 0 bridgehead atoms. The third kappa shape index (κ3) is 5.53. The Morgan fingerprint density at radius 1 is 0.921 bits per heavy atom. The van der Waals surface area contributed by atoms with Gasteiger partial charge in [-0.15, -0.1) is 0 Å². The molecule has 7 heteroatoms. The van der Waals surface area contributed by atoms with Gasteiger partial charge in [-0.1, -0.05) is 89.6 Å². The number of benzene rings is 3. The van der Waals surface area contributed by atoms with Crippen LogP contribution in [0.15, 0.2) is 83.9 Å². The van der Waals surface area contributed by atoms with E-state index in [0.29, 0.717) is 19.5 Å². The van der Waals surface area contributed by atoms with E-state index in [9.17, 15) is 9.59 Å². The molecule has 5 rings (SSSR count). The average molecular weight is 525 g/mol. The minimum absolute atomic E-state index is 0.0483. The quantitative estimate of drug-likeness (QED) is 0.355. The Morgan fingerprint density at radius 2 is 1.55 bits per heavy atom. The topological polar surface area (TPSA) is 67.2 Å². The van der Waals surface area contributed by atoms with Gasteiger partial charge in [-0.3, -0.25) is 9.59 Å². The van der Waals surface area contributed by atoms with Gasteiger partial charge in [-0.2, -0.15) is 5.10 Å². The number of carbonyl (C=O) groups excluding carboxylic acids is 2. The van der Waals surface area contributed by atoms with Crippen LogP contribution in [0.3, 0.4) is 0 Å². The van der Waals surface area contributed by atoms with E-state index in [1.807, 2.05) is 73.1 Å². The smallest absolute Gasteiger partial charge is 0.247 e. The Bertz CT molecular complexity index is 1430. The lowest BCUT2D eigenvalue weighted by molar-refractivity contribution is -0.139. The molecule has 2 heterocycles. The van der Waals surface area contributed by atoms with Crippen LogP contribution in [-0.2, 0) is 22.6 Å². The summed E-state index contributed by atoms with van der Waals surface area (Å²) in [5.74, 6) is 0.00996. The lowest BCUT2D eigenvalue weighted by Gasteiger charge is -2.30. The Morgan fingerprint density at radius 3 is 2.21 bits per heavy atom. The molecule has 38 heavy (non-hydrogen) atoms. The predicted molar refractivity (Wildman–Crippen MR) is 151 cm³/mol. The summed E-state index contributed by atoms with van der Waals surface area (Å²) in [5, 5.41) is 8.78. The Kier molecular flexibility index (Phi) is 7.65. The minimum Gasteiger partial charge on any atom is -0.350 e. The lowest BCUT2D eigenvalue weighted by atomic mass is 10.0. The molecule has 0 radical (unpaired) electrons. The van der Waals surface area contributed by atoms with Crippen LogP contribution in [-0.4, -0.2) is 38.8 Å². The van der Waals surface area contributed by atoms with E-state index in [2.05, 4.69) is 36.5 Å². The molecule has 1 N–H and O–H groups in total. The highest BCUT2D eigenvalue weighted by Crippen LogP contribution is 2.39. The monoisotopic (exact) mass is 524 g/mol. The van der Waals surface area contributed by atoms with E-state index in [-0.39, 0.29) is 17.6 Å². The third-order valence-electron chi connectivity index (χ3n) is 6.90. The van der Waals surface area contributed by atoms with Crippen molar-refractivity contribution in [2.75, 3.05) is 12.3 Å². The number of rotatable bonds is 7. The second-order valence-corrected chi connectivity index (χ2v) is 10.7. The summed E-state index contributed by atoms with van der Waals surface area (Å²) in [6, 6.07) is 25.5. The minimum atomic E-state index is -0.763. The molecule has 0 saturated heterocycles. The largest absolute Gasteiger partial charge is 0.350 e. The van der Waals surface area contributed by atoms with Crippen LogP contribution in [0, 0.1) is 20.8 Å². The van der Waals surface area contributed by atoms with Gasteiger partial charge >= 0.3 is 0 Å². The van der Waals surface area contributed by atoms with Gasteiger partial charge in [0.2, 0.25) is 11.8 Å². The van der Waals surface area contributed by atoms with E-state index >= 15 is 0 Å². The summed E-state index contributed by atoms with van der Waals surface area (Å²) in [4.78, 5) is 29.2. The zero-order chi connectivity index (χ0) is 26.6. The molecule has 6 nitrogen and oxygen atoms in total. The molecule has 0 aliphatic carbocycles. The van der Waals surface area contributed by atoms with Gasteiger partial charge in [-0.05, 0) is 50.5 Å². The van der Waals surface area contributed by atoms with Crippen molar-refractivity contribution in [3.63, 3.8) is 0 Å². The maximum atomic E-state index is 13.9. The number of nitrogens with one attached hydrogen (secondary N) is 1. The summed E-state index contributed by atoms with van der Waals surface area (Å²) < 4.78 is 1.87. The molecule has 3 aromatic carbocycles. The Hall–Kier alpha value is -3.84. The second kappa shape index (κ2) is 11.3. The highest BCUT2D eigenvalue weighted by Gasteiger charge is 2.39. The number of nitrogens with zero attached hydrogens (tertiary/aromatic N) is 3. The summed E-state index contributed by atoms with van der Waals surface area (Å²) in [6.07, 6.45) is 0.666. The van der Waals surface area contributed by atoms with Crippen molar-refractivity contribution >= 4 is 23.6 Å². The number of thioether (sulfide) groups is 1. The van der Waals surface area contributed by atoms with Crippen molar-refractivity contribution in [3.05, 3.63) is 112 Å². The molecule has 2 amide bonds. The highest BCUT2D eigenvalue weighted by atomic mass is 32.2. The molecule has 1 aliphatic heterocycles. The normalized spacial score (nSPS) is 15.2. The summed E-state index contributed by atoms with van der Waals surface area (Å²) in [5.41, 5.74) is 6.97. The summed E-state index contributed by atoms with van der Waals surface area (Å²) >= 11 is 1.45. The van der Waals surface area contributed by atoms with Crippen LogP contribution in [0.2, 0.25) is 0 Å². The number of para-hydroxylation sites is 1. The number of hydrogen-bond acceptors (Lipinski definition) is 4. The van der Waals surface area contributed by atoms with Crippen molar-refractivity contribution in [1.82, 2.24) is 20.0 Å². The highest BCUT2D eigenvalue weighted by molar-refractivity contribution is 8.00. The maximum absolute atomic E-state index is 13.9. The molecule has 1 atom stereocenters. The fourth-order valence-electron chi connectivity index (χ4n) is 4.75. The molecule has 1 aromatic heterocycles. The number of aromatic nitrogens is 2. The molecule has 0 fully saturated rings. The van der Waals surface area contributed by atoms with Gasteiger partial charge in [0.15, 0.2) is 0 Å². The van der Waals surface area contributed by atoms with E-state index in [1.165, 1.54) is 22.9 Å². The number of carbonyl (C=O) groups is 2. The molecule has 1 aliphatic rings. The third-order valence-corrected chi connectivity index (χ3v) is 7.96. The SMILES string of the molecule is Cc1ccc(CCN2C(=O)CSc3c(c(C)nn3-c3ccccc3)[C@H]2C(=O)NCc2ccc(C)cc2)cc1. The lowest BCUT2D eigenvalue weighted by Crippen LogP contribution is -2.44. The number of aryl methyl sites for hydroxylation is 3. The van der Waals surface area contributed by atoms with Crippen molar-refractivity contribution in [2.24, 2.45) is 0 Å². The van der Waals surface area contributed by atoms with Gasteiger partial charge < -0.3 is 10.2 Å². The van der Waals surface area contributed by atoms with E-state index in [4.69, 9.17) is 5.10 Å². The van der Waals surface area contributed by atoms with Crippen molar-refractivity contribution in [2.45, 2.75) is 44.8 Å². The molecular weight excluding hydrogens is 492 g/mol. The van der Waals surface area contributed by atoms with Gasteiger partial charge in [0.1, 0.15) is 11.1 Å². The van der Waals surface area contributed by atoms with Crippen molar-refractivity contribution < 1.29 is 9.59 Å². The van der Waals surface area contributed by atoms with Crippen LogP contribution in [0.1, 0.15) is 39.6 Å². The molecular formula is C31H32N4O2S. The van der Waals surface area contributed by atoms with E-state index in [1.54, 1.807) is 4.90 Å². The van der Waals surface area contributed by atoms with Gasteiger partial charge in [0, 0.05) is 18.7 Å². The van der Waals surface area contributed by atoms with Crippen molar-refractivity contribution in [1.29, 1.82) is 0 Å². The first kappa shape index (κ1) is 25.8. The first-order chi connectivity index (χ1) is 18.4. The molecule has 0 unspecified atom stereocenters. The maximum Gasteiger partial charge on any atom is 0.247 e. The van der Waals surface area contributed by atoms with Gasteiger partial charge in [0.05, 0.1) is 17.1 Å². The fourth-order valence-corrected chi connectivity index (χ4v) is 5.86. The van der Waals surface area contributed by atoms with Gasteiger partial charge in [0.25, 0.3) is 0 Å². The number of hydrogen-bond donors (Lipinski definition) is 1. The molecule has 0 saturated carbocycles. The van der Waals surface area contributed by atoms with Crippen LogP contribution >= 0.6 is 11.8 Å². The van der Waals surface area contributed by atoms with E-state index < -0.39 is 6.04 Å². The molecule has 4 aromatic rings. The second-order valence-electron chi connectivity index (χ2n) is 9.77. The average Bonchev–Trinajstić information content (AvgIpc) is 3.17. The Balaban J connectivity index is 1.50. The first-order valence-electron chi connectivity index (χ1n) is 12.9. The van der Waals surface area contributed by atoms with Crippen LogP contribution in [0.5, 0.6) is 0 Å². The molecule has 0 spiro atoms. The van der Waals surface area contributed by atoms with Crippen LogP contribution < -0.4 is 5.32 Å². The Labute approximate surface area is 228 Å². The number of fused-ring (bicyclic) bond motifs is 1. The summed E-state index contributed by atoms with van der Waals surface area (Å²) in [7, 11) is 0. The van der Waals surface area contributed by atoms with Crippen molar-refractivity contribution in [3.8, 4) is 5.69 Å². The predicted octanol–water partition coefficient (Wildman–Crippen LogP) is 5.33. The molecule has 194 valence electrons.